The highest BCUT2D eigenvalue weighted by Crippen LogP contribution is 2.32. The minimum absolute atomic E-state index is 0.457. The van der Waals surface area contributed by atoms with Crippen molar-refractivity contribution in [3.8, 4) is 11.5 Å². The van der Waals surface area contributed by atoms with Crippen LogP contribution < -0.4 is 20.1 Å². The average Bonchev–Trinajstić information content (AvgIpc) is 2.56. The number of nitrogens with one attached hydrogen (secondary N) is 2. The Bertz CT molecular complexity index is 758. The first-order valence-corrected chi connectivity index (χ1v) is 7.21. The van der Waals surface area contributed by atoms with E-state index in [-0.39, 0.29) is 0 Å². The lowest BCUT2D eigenvalue weighted by Crippen LogP contribution is -2.29. The van der Waals surface area contributed by atoms with Gasteiger partial charge in [-0.05, 0) is 30.7 Å². The lowest BCUT2D eigenvalue weighted by molar-refractivity contribution is -0.133. The summed E-state index contributed by atoms with van der Waals surface area (Å²) in [5.74, 6) is -0.300. The number of amides is 2. The maximum absolute atomic E-state index is 12.0. The third-order valence-electron chi connectivity index (χ3n) is 3.40. The lowest BCUT2D eigenvalue weighted by atomic mass is 10.2. The maximum atomic E-state index is 12.0. The number of carbonyl (C=O) groups is 2. The number of aryl methyl sites for hydroxylation is 1. The first-order chi connectivity index (χ1) is 11.1. The van der Waals surface area contributed by atoms with Crippen LogP contribution in [0.3, 0.4) is 0 Å². The van der Waals surface area contributed by atoms with Gasteiger partial charge in [0.1, 0.15) is 13.2 Å². The first kappa shape index (κ1) is 14.9. The van der Waals surface area contributed by atoms with E-state index < -0.39 is 11.8 Å². The van der Waals surface area contributed by atoms with Gasteiger partial charge in [0.25, 0.3) is 0 Å². The standard InChI is InChI=1S/C17H16N2O4/c1-11-4-2-3-5-13(11)19-17(21)16(20)18-12-6-7-14-15(10-12)23-9-8-22-14/h2-7,10H,8-9H2,1H3,(H,18,20)(H,19,21). The fraction of sp³-hybridized carbons (Fsp3) is 0.176. The molecule has 1 aliphatic rings. The number of para-hydroxylation sites is 1. The van der Waals surface area contributed by atoms with Crippen LogP contribution in [-0.4, -0.2) is 25.0 Å². The number of ether oxygens (including phenoxy) is 2. The van der Waals surface area contributed by atoms with Gasteiger partial charge in [0.05, 0.1) is 0 Å². The molecule has 6 nitrogen and oxygen atoms in total. The molecule has 0 radical (unpaired) electrons. The average molecular weight is 312 g/mol. The summed E-state index contributed by atoms with van der Waals surface area (Å²) in [6.45, 7) is 2.81. The molecule has 0 bridgehead atoms. The fourth-order valence-electron chi connectivity index (χ4n) is 2.20. The molecule has 2 aromatic rings. The van der Waals surface area contributed by atoms with E-state index in [0.29, 0.717) is 36.1 Å². The summed E-state index contributed by atoms with van der Waals surface area (Å²) in [6.07, 6.45) is 0. The minimum atomic E-state index is -0.745. The van der Waals surface area contributed by atoms with Gasteiger partial charge in [0, 0.05) is 17.4 Å². The van der Waals surface area contributed by atoms with Crippen molar-refractivity contribution in [2.75, 3.05) is 23.8 Å². The van der Waals surface area contributed by atoms with Crippen LogP contribution in [-0.2, 0) is 9.59 Å². The highest BCUT2D eigenvalue weighted by molar-refractivity contribution is 6.43. The van der Waals surface area contributed by atoms with Gasteiger partial charge >= 0.3 is 11.8 Å². The Hall–Kier alpha value is -3.02. The summed E-state index contributed by atoms with van der Waals surface area (Å²) in [6, 6.07) is 12.2. The number of hydrogen-bond donors (Lipinski definition) is 2. The number of benzene rings is 2. The van der Waals surface area contributed by atoms with Gasteiger partial charge in [-0.25, -0.2) is 0 Å². The highest BCUT2D eigenvalue weighted by atomic mass is 16.6. The molecule has 0 unspecified atom stereocenters. The molecule has 0 aromatic heterocycles. The molecule has 0 saturated heterocycles. The molecule has 2 N–H and O–H groups in total. The predicted octanol–water partition coefficient (Wildman–Crippen LogP) is 2.34. The van der Waals surface area contributed by atoms with E-state index in [2.05, 4.69) is 10.6 Å². The molecular weight excluding hydrogens is 296 g/mol. The van der Waals surface area contributed by atoms with Crippen LogP contribution in [0, 0.1) is 6.92 Å². The Labute approximate surface area is 133 Å². The van der Waals surface area contributed by atoms with Crippen molar-refractivity contribution in [3.05, 3.63) is 48.0 Å². The summed E-state index contributed by atoms with van der Waals surface area (Å²) in [5.41, 5.74) is 1.96. The van der Waals surface area contributed by atoms with Crippen molar-refractivity contribution in [3.63, 3.8) is 0 Å². The van der Waals surface area contributed by atoms with Gasteiger partial charge in [-0.1, -0.05) is 18.2 Å². The van der Waals surface area contributed by atoms with Gasteiger partial charge in [-0.15, -0.1) is 0 Å². The molecule has 0 atom stereocenters. The predicted molar refractivity (Wildman–Crippen MR) is 85.9 cm³/mol. The summed E-state index contributed by atoms with van der Waals surface area (Å²) >= 11 is 0. The molecule has 0 spiro atoms. The van der Waals surface area contributed by atoms with Gasteiger partial charge in [-0.3, -0.25) is 9.59 Å². The molecule has 0 aliphatic carbocycles. The van der Waals surface area contributed by atoms with E-state index in [1.807, 2.05) is 19.1 Å². The van der Waals surface area contributed by atoms with Gasteiger partial charge in [-0.2, -0.15) is 0 Å². The van der Waals surface area contributed by atoms with Gasteiger partial charge < -0.3 is 20.1 Å². The molecule has 1 heterocycles. The normalized spacial score (nSPS) is 12.4. The second-order valence-corrected chi connectivity index (χ2v) is 5.08. The van der Waals surface area contributed by atoms with Crippen molar-refractivity contribution in [2.24, 2.45) is 0 Å². The number of carbonyl (C=O) groups excluding carboxylic acids is 2. The zero-order chi connectivity index (χ0) is 16.2. The van der Waals surface area contributed by atoms with E-state index in [9.17, 15) is 9.59 Å². The van der Waals surface area contributed by atoms with Crippen LogP contribution in [0.15, 0.2) is 42.5 Å². The molecule has 0 saturated carbocycles. The van der Waals surface area contributed by atoms with E-state index in [4.69, 9.17) is 9.47 Å². The Morgan fingerprint density at radius 3 is 2.39 bits per heavy atom. The summed E-state index contributed by atoms with van der Waals surface area (Å²) in [5, 5.41) is 5.13. The topological polar surface area (TPSA) is 76.7 Å². The van der Waals surface area contributed by atoms with Gasteiger partial charge in [0.2, 0.25) is 0 Å². The second-order valence-electron chi connectivity index (χ2n) is 5.08. The SMILES string of the molecule is Cc1ccccc1NC(=O)C(=O)Nc1ccc2c(c1)OCCO2. The molecule has 23 heavy (non-hydrogen) atoms. The monoisotopic (exact) mass is 312 g/mol. The fourth-order valence-corrected chi connectivity index (χ4v) is 2.20. The van der Waals surface area contributed by atoms with Crippen molar-refractivity contribution >= 4 is 23.2 Å². The Kier molecular flexibility index (Phi) is 4.14. The van der Waals surface area contributed by atoms with Crippen LogP contribution in [0.2, 0.25) is 0 Å². The zero-order valence-electron chi connectivity index (χ0n) is 12.6. The summed E-state index contributed by atoms with van der Waals surface area (Å²) in [4.78, 5) is 24.0. The quantitative estimate of drug-likeness (QED) is 0.835. The van der Waals surface area contributed by atoms with E-state index in [0.717, 1.165) is 5.56 Å². The number of anilines is 2. The van der Waals surface area contributed by atoms with E-state index in [1.165, 1.54) is 0 Å². The van der Waals surface area contributed by atoms with Crippen molar-refractivity contribution in [2.45, 2.75) is 6.92 Å². The van der Waals surface area contributed by atoms with Crippen LogP contribution in [0.1, 0.15) is 5.56 Å². The molecule has 0 fully saturated rings. The minimum Gasteiger partial charge on any atom is -0.486 e. The Morgan fingerprint density at radius 2 is 1.61 bits per heavy atom. The zero-order valence-corrected chi connectivity index (χ0v) is 12.6. The van der Waals surface area contributed by atoms with E-state index in [1.54, 1.807) is 30.3 Å². The molecule has 118 valence electrons. The number of fused-ring (bicyclic) bond motifs is 1. The van der Waals surface area contributed by atoms with Crippen molar-refractivity contribution in [1.29, 1.82) is 0 Å². The highest BCUT2D eigenvalue weighted by Gasteiger charge is 2.17. The van der Waals surface area contributed by atoms with Crippen LogP contribution in [0.25, 0.3) is 0 Å². The summed E-state index contributed by atoms with van der Waals surface area (Å²) < 4.78 is 10.8. The molecule has 2 aromatic carbocycles. The molecule has 1 aliphatic heterocycles. The third-order valence-corrected chi connectivity index (χ3v) is 3.40. The largest absolute Gasteiger partial charge is 0.486 e. The number of hydrogen-bond acceptors (Lipinski definition) is 4. The lowest BCUT2D eigenvalue weighted by Gasteiger charge is -2.19. The molecule has 3 rings (SSSR count). The second kappa shape index (κ2) is 6.39. The molecule has 6 heteroatoms. The molecular formula is C17H16N2O4. The third kappa shape index (κ3) is 3.42. The first-order valence-electron chi connectivity index (χ1n) is 7.21. The summed E-state index contributed by atoms with van der Waals surface area (Å²) in [7, 11) is 0. The van der Waals surface area contributed by atoms with Crippen LogP contribution >= 0.6 is 0 Å². The maximum Gasteiger partial charge on any atom is 0.314 e. The Balaban J connectivity index is 1.67. The van der Waals surface area contributed by atoms with Crippen molar-refractivity contribution < 1.29 is 19.1 Å². The van der Waals surface area contributed by atoms with Gasteiger partial charge in [0.15, 0.2) is 11.5 Å². The van der Waals surface area contributed by atoms with Crippen LogP contribution in [0.4, 0.5) is 11.4 Å². The van der Waals surface area contributed by atoms with E-state index >= 15 is 0 Å². The number of rotatable bonds is 2. The smallest absolute Gasteiger partial charge is 0.314 e. The van der Waals surface area contributed by atoms with Crippen molar-refractivity contribution in [1.82, 2.24) is 0 Å². The Morgan fingerprint density at radius 1 is 0.913 bits per heavy atom. The van der Waals surface area contributed by atoms with Crippen LogP contribution in [0.5, 0.6) is 11.5 Å². The molecule has 2 amide bonds.